The Morgan fingerprint density at radius 2 is 1.73 bits per heavy atom. The van der Waals surface area contributed by atoms with E-state index >= 15 is 0 Å². The molecule has 14 atom stereocenters. The zero-order valence-electron chi connectivity index (χ0n) is 22.2. The van der Waals surface area contributed by atoms with Crippen LogP contribution >= 0.6 is 0 Å². The van der Waals surface area contributed by atoms with Gasteiger partial charge in [0, 0.05) is 10.3 Å². The van der Waals surface area contributed by atoms with Crippen LogP contribution in [0.1, 0.15) is 78.6 Å². The minimum Gasteiger partial charge on any atom is -0.389 e. The van der Waals surface area contributed by atoms with E-state index in [1.54, 1.807) is 6.92 Å². The van der Waals surface area contributed by atoms with E-state index in [-0.39, 0.29) is 23.4 Å². The second-order valence-electron chi connectivity index (χ2n) is 13.3. The van der Waals surface area contributed by atoms with E-state index < -0.39 is 59.3 Å². The van der Waals surface area contributed by atoms with Gasteiger partial charge in [0.1, 0.15) is 24.4 Å². The van der Waals surface area contributed by atoms with Crippen LogP contribution in [0.2, 0.25) is 0 Å². The van der Waals surface area contributed by atoms with Crippen molar-refractivity contribution in [1.82, 2.24) is 0 Å². The van der Waals surface area contributed by atoms with Crippen molar-refractivity contribution in [2.45, 2.75) is 127 Å². The SMILES string of the molecule is C[C@@H]1O[C@@H](O[C@H]2CC[C@@]3(C)[C@H](CC[C@@H]4[C@@H]3CC[C@]3(C)[C@@H](C(O)C[N+](=O)[O-])CC[C@]43O)C2)[C@H](O)[C@H](O)[C@H]1O. The molecule has 37 heavy (non-hydrogen) atoms. The summed E-state index contributed by atoms with van der Waals surface area (Å²) >= 11 is 0. The molecule has 4 aliphatic carbocycles. The smallest absolute Gasteiger partial charge is 0.229 e. The zero-order chi connectivity index (χ0) is 26.9. The largest absolute Gasteiger partial charge is 0.389 e. The first-order valence-corrected chi connectivity index (χ1v) is 14.2. The van der Waals surface area contributed by atoms with Crippen molar-refractivity contribution in [1.29, 1.82) is 0 Å². The first-order valence-electron chi connectivity index (χ1n) is 14.2. The van der Waals surface area contributed by atoms with Crippen LogP contribution in [0.25, 0.3) is 0 Å². The third-order valence-electron chi connectivity index (χ3n) is 11.8. The summed E-state index contributed by atoms with van der Waals surface area (Å²) in [6.45, 7) is 5.57. The van der Waals surface area contributed by atoms with Gasteiger partial charge in [-0.2, -0.15) is 0 Å². The van der Waals surface area contributed by atoms with Crippen molar-refractivity contribution >= 4 is 0 Å². The van der Waals surface area contributed by atoms with Gasteiger partial charge in [-0.3, -0.25) is 10.1 Å². The fourth-order valence-electron chi connectivity index (χ4n) is 9.56. The molecule has 5 N–H and O–H groups in total. The highest BCUT2D eigenvalue weighted by Gasteiger charge is 2.68. The molecular formula is C27H45NO9. The van der Waals surface area contributed by atoms with E-state index in [1.165, 1.54) is 0 Å². The molecule has 212 valence electrons. The molecule has 5 fully saturated rings. The molecule has 0 aromatic carbocycles. The van der Waals surface area contributed by atoms with Crippen LogP contribution in [0.3, 0.4) is 0 Å². The molecule has 1 saturated heterocycles. The highest BCUT2D eigenvalue weighted by atomic mass is 16.7. The van der Waals surface area contributed by atoms with Gasteiger partial charge in [0.05, 0.1) is 17.8 Å². The van der Waals surface area contributed by atoms with Crippen LogP contribution in [-0.4, -0.2) is 85.5 Å². The number of aliphatic hydroxyl groups is 5. The second-order valence-corrected chi connectivity index (χ2v) is 13.3. The first kappa shape index (κ1) is 27.7. The lowest BCUT2D eigenvalue weighted by atomic mass is 9.43. The lowest BCUT2D eigenvalue weighted by Crippen LogP contribution is -2.63. The quantitative estimate of drug-likeness (QED) is 0.203. The molecule has 0 radical (unpaired) electrons. The minimum absolute atomic E-state index is 0.0341. The third kappa shape index (κ3) is 4.26. The number of nitrogens with zero attached hydrogens (tertiary/aromatic N) is 1. The Labute approximate surface area is 218 Å². The molecule has 0 aromatic rings. The highest BCUT2D eigenvalue weighted by Crippen LogP contribution is 2.69. The Morgan fingerprint density at radius 1 is 1.00 bits per heavy atom. The molecule has 1 heterocycles. The average Bonchev–Trinajstić information content (AvgIpc) is 3.12. The average molecular weight is 528 g/mol. The highest BCUT2D eigenvalue weighted by molar-refractivity contribution is 5.17. The summed E-state index contributed by atoms with van der Waals surface area (Å²) in [7, 11) is 0. The molecule has 0 bridgehead atoms. The molecule has 4 saturated carbocycles. The van der Waals surface area contributed by atoms with Crippen LogP contribution in [-0.2, 0) is 9.47 Å². The Hall–Kier alpha value is -0.880. The Kier molecular flexibility index (Phi) is 7.21. The maximum Gasteiger partial charge on any atom is 0.229 e. The summed E-state index contributed by atoms with van der Waals surface area (Å²) in [6.07, 6.45) is 0.720. The Bertz CT molecular complexity index is 875. The van der Waals surface area contributed by atoms with Crippen molar-refractivity contribution < 1.29 is 39.9 Å². The Morgan fingerprint density at radius 3 is 2.43 bits per heavy atom. The van der Waals surface area contributed by atoms with E-state index in [2.05, 4.69) is 6.92 Å². The van der Waals surface area contributed by atoms with E-state index in [0.717, 1.165) is 44.9 Å². The van der Waals surface area contributed by atoms with Gasteiger partial charge in [-0.1, -0.05) is 13.8 Å². The molecule has 5 rings (SSSR count). The summed E-state index contributed by atoms with van der Waals surface area (Å²) in [5.74, 6) is 0.576. The van der Waals surface area contributed by atoms with Gasteiger partial charge < -0.3 is 35.0 Å². The van der Waals surface area contributed by atoms with Gasteiger partial charge in [-0.15, -0.1) is 0 Å². The predicted molar refractivity (Wildman–Crippen MR) is 132 cm³/mol. The zero-order valence-corrected chi connectivity index (χ0v) is 22.2. The van der Waals surface area contributed by atoms with Gasteiger partial charge in [0.25, 0.3) is 0 Å². The maximum absolute atomic E-state index is 12.2. The molecule has 1 unspecified atom stereocenters. The summed E-state index contributed by atoms with van der Waals surface area (Å²) in [6, 6.07) is 0. The number of nitro groups is 1. The van der Waals surface area contributed by atoms with Crippen molar-refractivity contribution in [3.05, 3.63) is 10.1 Å². The third-order valence-corrected chi connectivity index (χ3v) is 11.8. The topological polar surface area (TPSA) is 163 Å². The lowest BCUT2D eigenvalue weighted by Gasteiger charge is -2.64. The normalized spacial score (nSPS) is 54.6. The number of rotatable bonds is 5. The maximum atomic E-state index is 12.2. The number of aliphatic hydroxyl groups excluding tert-OH is 4. The standard InChI is InChI=1S/C27H45NO9/c1-14-21(30)22(31)23(32)24(36-14)37-16-6-9-25(2)15(12-16)4-5-18-17(25)7-10-26(3)19(8-11-27(18,26)33)20(29)13-28(34)35/h14-24,29-33H,4-13H2,1-3H3/t14-,15+,16-,17-,18+,19+,20?,21-,22+,23+,24-,25-,26+,27-/m0/s1. The lowest BCUT2D eigenvalue weighted by molar-refractivity contribution is -0.493. The van der Waals surface area contributed by atoms with Gasteiger partial charge >= 0.3 is 0 Å². The molecule has 10 nitrogen and oxygen atoms in total. The van der Waals surface area contributed by atoms with Crippen LogP contribution in [0.5, 0.6) is 0 Å². The molecular weight excluding hydrogens is 482 g/mol. The van der Waals surface area contributed by atoms with Crippen molar-refractivity contribution in [3.63, 3.8) is 0 Å². The molecule has 0 aromatic heterocycles. The Balaban J connectivity index is 1.28. The van der Waals surface area contributed by atoms with Crippen LogP contribution in [0, 0.1) is 44.6 Å². The van der Waals surface area contributed by atoms with Crippen molar-refractivity contribution in [3.8, 4) is 0 Å². The van der Waals surface area contributed by atoms with Crippen LogP contribution < -0.4 is 0 Å². The molecule has 1 aliphatic heterocycles. The van der Waals surface area contributed by atoms with Crippen molar-refractivity contribution in [2.75, 3.05) is 6.54 Å². The number of hydrogen-bond donors (Lipinski definition) is 5. The summed E-state index contributed by atoms with van der Waals surface area (Å²) in [4.78, 5) is 10.6. The van der Waals surface area contributed by atoms with E-state index in [0.29, 0.717) is 24.7 Å². The minimum atomic E-state index is -1.31. The van der Waals surface area contributed by atoms with Gasteiger partial charge in [0.2, 0.25) is 6.54 Å². The van der Waals surface area contributed by atoms with Gasteiger partial charge in [-0.05, 0) is 93.8 Å². The van der Waals surface area contributed by atoms with Crippen LogP contribution in [0.15, 0.2) is 0 Å². The number of fused-ring (bicyclic) bond motifs is 5. The van der Waals surface area contributed by atoms with E-state index in [4.69, 9.17) is 9.47 Å². The second kappa shape index (κ2) is 9.64. The monoisotopic (exact) mass is 527 g/mol. The molecule has 0 spiro atoms. The first-order chi connectivity index (χ1) is 17.3. The van der Waals surface area contributed by atoms with E-state index in [1.807, 2.05) is 6.92 Å². The summed E-state index contributed by atoms with van der Waals surface area (Å²) in [5.41, 5.74) is -1.41. The van der Waals surface area contributed by atoms with E-state index in [9.17, 15) is 35.6 Å². The predicted octanol–water partition coefficient (Wildman–Crippen LogP) is 1.61. The number of hydrogen-bond acceptors (Lipinski definition) is 9. The fourth-order valence-corrected chi connectivity index (χ4v) is 9.56. The summed E-state index contributed by atoms with van der Waals surface area (Å²) < 4.78 is 11.8. The molecule has 0 amide bonds. The van der Waals surface area contributed by atoms with Gasteiger partial charge in [-0.25, -0.2) is 0 Å². The fraction of sp³-hybridized carbons (Fsp3) is 1.00. The van der Waals surface area contributed by atoms with Crippen LogP contribution in [0.4, 0.5) is 0 Å². The molecule has 10 heteroatoms. The van der Waals surface area contributed by atoms with Gasteiger partial charge in [0.15, 0.2) is 6.29 Å². The summed E-state index contributed by atoms with van der Waals surface area (Å²) in [5, 5.41) is 64.5. The van der Waals surface area contributed by atoms with Crippen molar-refractivity contribution in [2.24, 2.45) is 34.5 Å². The number of ether oxygens (including phenoxy) is 2. The molecule has 5 aliphatic rings.